The molecule has 0 spiro atoms. The summed E-state index contributed by atoms with van der Waals surface area (Å²) in [5.41, 5.74) is 18.8. The Morgan fingerprint density at radius 1 is 0.840 bits per heavy atom. The van der Waals surface area contributed by atoms with Crippen LogP contribution in [-0.4, -0.2) is 92.4 Å². The van der Waals surface area contributed by atoms with E-state index in [1.54, 1.807) is 0 Å². The van der Waals surface area contributed by atoms with Crippen LogP contribution < -0.4 is 22.9 Å². The molecule has 0 aromatic rings. The van der Waals surface area contributed by atoms with Gasteiger partial charge in [-0.15, -0.1) is 0 Å². The summed E-state index contributed by atoms with van der Waals surface area (Å²) in [6.45, 7) is 0.272. The maximum atomic E-state index is 9.86. The smallest absolute Gasteiger partial charge is 0.323 e. The Labute approximate surface area is 142 Å². The summed E-state index contributed by atoms with van der Waals surface area (Å²) in [6, 6.07) is -2.28. The highest BCUT2D eigenvalue weighted by molar-refractivity contribution is 5.73. The summed E-state index contributed by atoms with van der Waals surface area (Å²) >= 11 is 0. The molecule has 0 aliphatic rings. The molecule has 0 bridgehead atoms. The van der Waals surface area contributed by atoms with Crippen molar-refractivity contribution in [3.8, 4) is 0 Å². The molecule has 3 unspecified atom stereocenters. The van der Waals surface area contributed by atoms with Gasteiger partial charge in [-0.2, -0.15) is 0 Å². The van der Waals surface area contributed by atoms with Gasteiger partial charge in [-0.25, -0.2) is 0 Å². The highest BCUT2D eigenvalue weighted by atomic mass is 16.4. The number of carboxylic acid groups (broad SMARTS) is 4. The lowest BCUT2D eigenvalue weighted by atomic mass is 10.2. The van der Waals surface area contributed by atoms with Gasteiger partial charge >= 0.3 is 23.9 Å². The Bertz CT molecular complexity index is 377. The minimum absolute atomic E-state index is 0.278. The zero-order valence-electron chi connectivity index (χ0n) is 13.5. The average molecular weight is 374 g/mol. The van der Waals surface area contributed by atoms with E-state index in [0.29, 0.717) is 0 Å². The molecule has 150 valence electrons. The van der Waals surface area contributed by atoms with E-state index >= 15 is 0 Å². The molecule has 0 fully saturated rings. The molecule has 0 saturated heterocycles. The van der Waals surface area contributed by atoms with Crippen molar-refractivity contribution in [1.82, 2.24) is 0 Å². The largest absolute Gasteiger partial charge is 0.480 e. The van der Waals surface area contributed by atoms with Crippen LogP contribution in [0, 0.1) is 0 Å². The lowest BCUT2D eigenvalue weighted by molar-refractivity contribution is -0.141. The predicted molar refractivity (Wildman–Crippen MR) is 83.4 cm³/mol. The summed E-state index contributed by atoms with van der Waals surface area (Å²) in [7, 11) is 0. The lowest BCUT2D eigenvalue weighted by Crippen LogP contribution is -2.39. The molecular weight excluding hydrogens is 348 g/mol. The van der Waals surface area contributed by atoms with Gasteiger partial charge in [0, 0.05) is 0 Å². The number of nitrogens with two attached hydrogens (primary N) is 4. The highest BCUT2D eigenvalue weighted by Crippen LogP contribution is 1.85. The molecular formula is C11H26N4O10. The van der Waals surface area contributed by atoms with Gasteiger partial charge in [-0.1, -0.05) is 0 Å². The number of carboxylic acids is 4. The average Bonchev–Trinajstić information content (AvgIpc) is 2.54. The van der Waals surface area contributed by atoms with Crippen LogP contribution in [0.2, 0.25) is 0 Å². The summed E-state index contributed by atoms with van der Waals surface area (Å²) in [4.78, 5) is 38.0. The Morgan fingerprint density at radius 3 is 1.12 bits per heavy atom. The first kappa shape index (κ1) is 30.5. The quantitative estimate of drug-likeness (QED) is 0.209. The maximum Gasteiger partial charge on any atom is 0.323 e. The number of aliphatic carboxylic acids is 4. The van der Waals surface area contributed by atoms with Crippen LogP contribution in [0.15, 0.2) is 0 Å². The lowest BCUT2D eigenvalue weighted by Gasteiger charge is -2.06. The van der Waals surface area contributed by atoms with E-state index < -0.39 is 48.7 Å². The van der Waals surface area contributed by atoms with E-state index in [-0.39, 0.29) is 13.1 Å². The first-order valence-corrected chi connectivity index (χ1v) is 6.37. The summed E-state index contributed by atoms with van der Waals surface area (Å²) < 4.78 is 0. The fourth-order valence-corrected chi connectivity index (χ4v) is 0.284. The van der Waals surface area contributed by atoms with Gasteiger partial charge in [0.1, 0.15) is 12.1 Å². The van der Waals surface area contributed by atoms with E-state index in [2.05, 4.69) is 11.5 Å². The van der Waals surface area contributed by atoms with E-state index in [4.69, 9.17) is 42.1 Å². The molecule has 0 aromatic heterocycles. The Hall–Kier alpha value is -2.36. The topological polar surface area (TPSA) is 294 Å². The van der Waals surface area contributed by atoms with Crippen LogP contribution in [0.4, 0.5) is 0 Å². The van der Waals surface area contributed by atoms with E-state index in [1.165, 1.54) is 6.92 Å². The second kappa shape index (κ2) is 19.7. The fraction of sp³-hybridized carbons (Fsp3) is 0.636. The van der Waals surface area contributed by atoms with Crippen molar-refractivity contribution in [3.05, 3.63) is 0 Å². The summed E-state index contributed by atoms with van der Waals surface area (Å²) in [5.74, 6) is -4.29. The van der Waals surface area contributed by atoms with Gasteiger partial charge in [-0.05, 0) is 6.92 Å². The number of aliphatic hydroxyl groups is 2. The van der Waals surface area contributed by atoms with Crippen LogP contribution in [0.5, 0.6) is 0 Å². The molecule has 25 heavy (non-hydrogen) atoms. The normalized spacial score (nSPS) is 12.3. The summed E-state index contributed by atoms with van der Waals surface area (Å²) in [5, 5.41) is 47.6. The second-order valence-electron chi connectivity index (χ2n) is 3.93. The van der Waals surface area contributed by atoms with Crippen molar-refractivity contribution >= 4 is 23.9 Å². The van der Waals surface area contributed by atoms with Gasteiger partial charge in [0.25, 0.3) is 0 Å². The third kappa shape index (κ3) is 34.1. The zero-order chi connectivity index (χ0) is 21.2. The second-order valence-corrected chi connectivity index (χ2v) is 3.93. The standard InChI is InChI=1S/C4H9NO3.C3H7NO3.2C2H5NO2/c1-2(6)3(5)4(7)8;4-2(1-5)3(6)7;2*3-1-2(4)5/h2-3,6H,5H2,1H3,(H,7,8);2,5H,1,4H2,(H,6,7);2*1,3H2,(H,4,5). The van der Waals surface area contributed by atoms with Gasteiger partial charge in [0.15, 0.2) is 0 Å². The Kier molecular flexibility index (Phi) is 24.0. The monoisotopic (exact) mass is 374 g/mol. The molecule has 3 atom stereocenters. The molecule has 0 rings (SSSR count). The zero-order valence-corrected chi connectivity index (χ0v) is 13.5. The Morgan fingerprint density at radius 2 is 1.12 bits per heavy atom. The molecule has 14 N–H and O–H groups in total. The maximum absolute atomic E-state index is 9.86. The van der Waals surface area contributed by atoms with E-state index in [0.717, 1.165) is 0 Å². The van der Waals surface area contributed by atoms with Crippen LogP contribution in [0.3, 0.4) is 0 Å². The molecule has 0 radical (unpaired) electrons. The van der Waals surface area contributed by atoms with Crippen LogP contribution in [0.1, 0.15) is 6.92 Å². The first-order chi connectivity index (χ1) is 11.3. The van der Waals surface area contributed by atoms with E-state index in [1.807, 2.05) is 0 Å². The number of hydrogen-bond donors (Lipinski definition) is 10. The van der Waals surface area contributed by atoms with Gasteiger partial charge in [0.05, 0.1) is 25.8 Å². The van der Waals surface area contributed by atoms with Crippen LogP contribution >= 0.6 is 0 Å². The fourth-order valence-electron chi connectivity index (χ4n) is 0.284. The van der Waals surface area contributed by atoms with Gasteiger partial charge < -0.3 is 53.6 Å². The number of carbonyl (C=O) groups is 4. The number of aliphatic hydroxyl groups excluding tert-OH is 2. The SMILES string of the molecule is CC(O)C(N)C(=O)O.NC(CO)C(=O)O.NCC(=O)O.NCC(=O)O. The van der Waals surface area contributed by atoms with E-state index in [9.17, 15) is 19.2 Å². The highest BCUT2D eigenvalue weighted by Gasteiger charge is 2.16. The van der Waals surface area contributed by atoms with Gasteiger partial charge in [0.2, 0.25) is 0 Å². The molecule has 0 saturated carbocycles. The number of rotatable bonds is 6. The van der Waals surface area contributed by atoms with Crippen molar-refractivity contribution in [2.75, 3.05) is 19.7 Å². The molecule has 0 heterocycles. The van der Waals surface area contributed by atoms with Crippen molar-refractivity contribution < 1.29 is 49.8 Å². The van der Waals surface area contributed by atoms with Crippen LogP contribution in [-0.2, 0) is 19.2 Å². The van der Waals surface area contributed by atoms with Crippen molar-refractivity contribution in [2.24, 2.45) is 22.9 Å². The minimum Gasteiger partial charge on any atom is -0.480 e. The molecule has 0 aliphatic heterocycles. The van der Waals surface area contributed by atoms with Crippen molar-refractivity contribution in [2.45, 2.75) is 25.1 Å². The molecule has 0 aromatic carbocycles. The summed E-state index contributed by atoms with van der Waals surface area (Å²) in [6.07, 6.45) is -0.979. The molecule has 0 amide bonds. The first-order valence-electron chi connectivity index (χ1n) is 6.37. The van der Waals surface area contributed by atoms with Crippen molar-refractivity contribution in [1.29, 1.82) is 0 Å². The van der Waals surface area contributed by atoms with Crippen molar-refractivity contribution in [3.63, 3.8) is 0 Å². The third-order valence-corrected chi connectivity index (χ3v) is 1.67. The predicted octanol–water partition coefficient (Wildman–Crippen LogP) is -4.77. The van der Waals surface area contributed by atoms with Gasteiger partial charge in [-0.3, -0.25) is 19.2 Å². The van der Waals surface area contributed by atoms with Crippen LogP contribution in [0.25, 0.3) is 0 Å². The molecule has 14 heteroatoms. The number of hydrogen-bond acceptors (Lipinski definition) is 10. The molecule has 14 nitrogen and oxygen atoms in total. The Balaban J connectivity index is -0.000000120. The molecule has 0 aliphatic carbocycles. The minimum atomic E-state index is -1.18. The third-order valence-electron chi connectivity index (χ3n) is 1.67.